The molecule has 0 aliphatic carbocycles. The molecule has 5 aromatic rings. The van der Waals surface area contributed by atoms with Gasteiger partial charge in [0.25, 0.3) is 5.91 Å². The molecule has 1 aliphatic heterocycles. The molecule has 1 amide bonds. The molecule has 0 unspecified atom stereocenters. The summed E-state index contributed by atoms with van der Waals surface area (Å²) in [4.78, 5) is 17.3. The Morgan fingerprint density at radius 3 is 2.63 bits per heavy atom. The van der Waals surface area contributed by atoms with E-state index in [0.29, 0.717) is 53.0 Å². The first-order chi connectivity index (χ1) is 17.1. The quantitative estimate of drug-likeness (QED) is 0.327. The summed E-state index contributed by atoms with van der Waals surface area (Å²) in [7, 11) is 0. The number of hydrogen-bond acceptors (Lipinski definition) is 6. The fourth-order valence-corrected chi connectivity index (χ4v) is 4.27. The fraction of sp³-hybridized carbons (Fsp3) is 0.0741. The van der Waals surface area contributed by atoms with Crippen LogP contribution in [0.3, 0.4) is 0 Å². The molecule has 6 rings (SSSR count). The maximum absolute atomic E-state index is 12.6. The number of aromatic nitrogens is 1. The van der Waals surface area contributed by atoms with E-state index >= 15 is 0 Å². The molecule has 35 heavy (non-hydrogen) atoms. The Balaban J connectivity index is 1.19. The Labute approximate surface area is 205 Å². The van der Waals surface area contributed by atoms with Crippen LogP contribution < -0.4 is 20.1 Å². The molecule has 1 aliphatic rings. The van der Waals surface area contributed by atoms with E-state index in [1.165, 1.54) is 0 Å². The molecular weight excluding hydrogens is 462 g/mol. The summed E-state index contributed by atoms with van der Waals surface area (Å²) in [5.41, 5.74) is 3.37. The highest BCUT2D eigenvalue weighted by molar-refractivity contribution is 7.80. The lowest BCUT2D eigenvalue weighted by Gasteiger charge is -2.18. The van der Waals surface area contributed by atoms with Crippen LogP contribution in [0.15, 0.2) is 83.3 Å². The van der Waals surface area contributed by atoms with E-state index in [-0.39, 0.29) is 11.0 Å². The Kier molecular flexibility index (Phi) is 5.27. The standard InChI is InChI=1S/C27H19N3O4S/c31-25(17-8-10-23-24(14-17)33-13-12-32-23)30-27(35)28-18-9-11-22-21(15-18)29-26(34-22)20-7-3-5-16-4-1-2-6-19(16)20/h1-11,14-15H,12-13H2,(H2,28,30,31,35). The Hall–Kier alpha value is -4.43. The van der Waals surface area contributed by atoms with Gasteiger partial charge in [0.15, 0.2) is 22.2 Å². The SMILES string of the molecule is O=C(NC(=S)Nc1ccc2oc(-c3cccc4ccccc34)nc2c1)c1ccc2c(c1)OCCO2. The Morgan fingerprint density at radius 1 is 0.886 bits per heavy atom. The number of ether oxygens (including phenoxy) is 2. The van der Waals surface area contributed by atoms with Gasteiger partial charge in [0.1, 0.15) is 18.7 Å². The topological polar surface area (TPSA) is 85.6 Å². The van der Waals surface area contributed by atoms with Crippen LogP contribution in [-0.2, 0) is 0 Å². The van der Waals surface area contributed by atoms with Gasteiger partial charge in [-0.05, 0) is 65.5 Å². The van der Waals surface area contributed by atoms with Crippen molar-refractivity contribution in [2.75, 3.05) is 18.5 Å². The van der Waals surface area contributed by atoms with Crippen molar-refractivity contribution in [2.45, 2.75) is 0 Å². The second-order valence-corrected chi connectivity index (χ2v) is 8.40. The molecule has 0 atom stereocenters. The smallest absolute Gasteiger partial charge is 0.257 e. The van der Waals surface area contributed by atoms with E-state index in [4.69, 9.17) is 26.1 Å². The van der Waals surface area contributed by atoms with Crippen LogP contribution in [0.2, 0.25) is 0 Å². The van der Waals surface area contributed by atoms with Gasteiger partial charge in [-0.2, -0.15) is 0 Å². The first kappa shape index (κ1) is 21.1. The maximum atomic E-state index is 12.6. The van der Waals surface area contributed by atoms with E-state index in [1.54, 1.807) is 18.2 Å². The number of nitrogens with zero attached hydrogens (tertiary/aromatic N) is 1. The number of fused-ring (bicyclic) bond motifs is 3. The number of rotatable bonds is 3. The molecule has 0 saturated carbocycles. The van der Waals surface area contributed by atoms with Gasteiger partial charge in [0, 0.05) is 16.8 Å². The van der Waals surface area contributed by atoms with E-state index in [2.05, 4.69) is 33.8 Å². The number of thiocarbonyl (C=S) groups is 1. The lowest BCUT2D eigenvalue weighted by molar-refractivity contribution is 0.0976. The summed E-state index contributed by atoms with van der Waals surface area (Å²) in [6, 6.07) is 24.7. The Morgan fingerprint density at radius 2 is 1.71 bits per heavy atom. The molecule has 0 saturated heterocycles. The maximum Gasteiger partial charge on any atom is 0.257 e. The molecule has 2 heterocycles. The zero-order valence-corrected chi connectivity index (χ0v) is 19.2. The lowest BCUT2D eigenvalue weighted by atomic mass is 10.0. The van der Waals surface area contributed by atoms with Crippen LogP contribution in [0.4, 0.5) is 5.69 Å². The predicted octanol–water partition coefficient (Wildman–Crippen LogP) is 5.55. The van der Waals surface area contributed by atoms with Gasteiger partial charge in [-0.3, -0.25) is 10.1 Å². The van der Waals surface area contributed by atoms with Gasteiger partial charge in [0.05, 0.1) is 0 Å². The molecule has 7 nitrogen and oxygen atoms in total. The third-order valence-corrected chi connectivity index (χ3v) is 5.90. The average Bonchev–Trinajstić information content (AvgIpc) is 3.31. The number of carbonyl (C=O) groups is 1. The molecule has 172 valence electrons. The minimum absolute atomic E-state index is 0.169. The summed E-state index contributed by atoms with van der Waals surface area (Å²) in [5.74, 6) is 1.36. The van der Waals surface area contributed by atoms with Gasteiger partial charge in [-0.1, -0.05) is 36.4 Å². The summed E-state index contributed by atoms with van der Waals surface area (Å²) >= 11 is 5.35. The van der Waals surface area contributed by atoms with Crippen LogP contribution in [0, 0.1) is 0 Å². The predicted molar refractivity (Wildman–Crippen MR) is 138 cm³/mol. The van der Waals surface area contributed by atoms with Gasteiger partial charge >= 0.3 is 0 Å². The lowest BCUT2D eigenvalue weighted by Crippen LogP contribution is -2.34. The minimum Gasteiger partial charge on any atom is -0.486 e. The highest BCUT2D eigenvalue weighted by atomic mass is 32.1. The largest absolute Gasteiger partial charge is 0.486 e. The Bertz CT molecular complexity index is 1610. The first-order valence-electron chi connectivity index (χ1n) is 11.0. The number of amides is 1. The van der Waals surface area contributed by atoms with Crippen molar-refractivity contribution >= 4 is 50.8 Å². The van der Waals surface area contributed by atoms with Crippen LogP contribution in [0.5, 0.6) is 11.5 Å². The van der Waals surface area contributed by atoms with E-state index in [1.807, 2.05) is 42.5 Å². The van der Waals surface area contributed by atoms with Crippen LogP contribution in [0.25, 0.3) is 33.3 Å². The molecule has 1 aromatic heterocycles. The number of hydrogen-bond donors (Lipinski definition) is 2. The molecule has 2 N–H and O–H groups in total. The van der Waals surface area contributed by atoms with Crippen molar-refractivity contribution in [2.24, 2.45) is 0 Å². The molecule has 0 bridgehead atoms. The second-order valence-electron chi connectivity index (χ2n) is 7.99. The van der Waals surface area contributed by atoms with E-state index < -0.39 is 0 Å². The van der Waals surface area contributed by atoms with Crippen molar-refractivity contribution < 1.29 is 18.7 Å². The van der Waals surface area contributed by atoms with Gasteiger partial charge in [-0.25, -0.2) is 4.98 Å². The van der Waals surface area contributed by atoms with Crippen LogP contribution in [-0.4, -0.2) is 29.2 Å². The minimum atomic E-state index is -0.347. The van der Waals surface area contributed by atoms with Crippen LogP contribution >= 0.6 is 12.2 Å². The molecule has 0 radical (unpaired) electrons. The van der Waals surface area contributed by atoms with Crippen molar-refractivity contribution in [1.29, 1.82) is 0 Å². The number of carbonyl (C=O) groups excluding carboxylic acids is 1. The van der Waals surface area contributed by atoms with E-state index in [9.17, 15) is 4.79 Å². The molecular formula is C27H19N3O4S. The highest BCUT2D eigenvalue weighted by Gasteiger charge is 2.16. The number of oxazole rings is 1. The monoisotopic (exact) mass is 481 g/mol. The number of anilines is 1. The summed E-state index contributed by atoms with van der Waals surface area (Å²) in [6.45, 7) is 0.941. The van der Waals surface area contributed by atoms with Crippen molar-refractivity contribution in [3.05, 3.63) is 84.4 Å². The fourth-order valence-electron chi connectivity index (χ4n) is 4.05. The third-order valence-electron chi connectivity index (χ3n) is 5.70. The number of nitrogens with one attached hydrogen (secondary N) is 2. The van der Waals surface area contributed by atoms with Crippen molar-refractivity contribution in [3.8, 4) is 23.0 Å². The van der Waals surface area contributed by atoms with Gasteiger partial charge in [0.2, 0.25) is 5.89 Å². The molecule has 0 fully saturated rings. The van der Waals surface area contributed by atoms with Crippen LogP contribution in [0.1, 0.15) is 10.4 Å². The molecule has 4 aromatic carbocycles. The summed E-state index contributed by atoms with van der Waals surface area (Å²) < 4.78 is 17.1. The normalized spacial score (nSPS) is 12.5. The highest BCUT2D eigenvalue weighted by Crippen LogP contribution is 2.32. The van der Waals surface area contributed by atoms with Gasteiger partial charge < -0.3 is 19.2 Å². The van der Waals surface area contributed by atoms with E-state index in [0.717, 1.165) is 16.3 Å². The molecule has 8 heteroatoms. The van der Waals surface area contributed by atoms with Gasteiger partial charge in [-0.15, -0.1) is 0 Å². The summed E-state index contributed by atoms with van der Waals surface area (Å²) in [5, 5.41) is 8.09. The zero-order valence-electron chi connectivity index (χ0n) is 18.4. The zero-order chi connectivity index (χ0) is 23.8. The van der Waals surface area contributed by atoms with Crippen molar-refractivity contribution in [3.63, 3.8) is 0 Å². The first-order valence-corrected chi connectivity index (χ1v) is 11.5. The third kappa shape index (κ3) is 4.15. The second kappa shape index (κ2) is 8.73. The molecule has 0 spiro atoms. The van der Waals surface area contributed by atoms with Crippen molar-refractivity contribution in [1.82, 2.24) is 10.3 Å². The summed E-state index contributed by atoms with van der Waals surface area (Å²) in [6.07, 6.45) is 0. The average molecular weight is 482 g/mol. The number of benzene rings is 4.